The lowest BCUT2D eigenvalue weighted by Crippen LogP contribution is -2.07. The van der Waals surface area contributed by atoms with Crippen LogP contribution >= 0.6 is 0 Å². The van der Waals surface area contributed by atoms with Crippen molar-refractivity contribution in [1.29, 1.82) is 5.26 Å². The molecule has 2 aromatic carbocycles. The Morgan fingerprint density at radius 2 is 1.95 bits per heavy atom. The van der Waals surface area contributed by atoms with Crippen LogP contribution in [0.3, 0.4) is 0 Å². The van der Waals surface area contributed by atoms with Crippen molar-refractivity contribution in [3.63, 3.8) is 0 Å². The molecule has 0 radical (unpaired) electrons. The highest BCUT2D eigenvalue weighted by Crippen LogP contribution is 2.23. The minimum Gasteiger partial charge on any atom is -0.434 e. The Balaban J connectivity index is 2.18. The minimum atomic E-state index is -2.86. The zero-order chi connectivity index (χ0) is 15.2. The van der Waals surface area contributed by atoms with Crippen molar-refractivity contribution in [3.8, 4) is 11.8 Å². The highest BCUT2D eigenvalue weighted by Gasteiger charge is 2.10. The molecule has 0 unspecified atom stereocenters. The molecule has 0 heterocycles. The smallest absolute Gasteiger partial charge is 0.387 e. The Kier molecular flexibility index (Phi) is 4.72. The maximum absolute atomic E-state index is 12.3. The summed E-state index contributed by atoms with van der Waals surface area (Å²) in [5.74, 6) is 0.131. The fourth-order valence-corrected chi connectivity index (χ4v) is 2.01. The largest absolute Gasteiger partial charge is 0.434 e. The second-order valence-corrected chi connectivity index (χ2v) is 4.45. The summed E-state index contributed by atoms with van der Waals surface area (Å²) < 4.78 is 29.2. The molecule has 3 nitrogen and oxygen atoms in total. The molecule has 0 amide bonds. The van der Waals surface area contributed by atoms with Gasteiger partial charge in [0, 0.05) is 12.1 Å². The quantitative estimate of drug-likeness (QED) is 0.901. The van der Waals surface area contributed by atoms with Crippen molar-refractivity contribution in [3.05, 3.63) is 59.2 Å². The highest BCUT2D eigenvalue weighted by molar-refractivity contribution is 5.61. The maximum atomic E-state index is 12.3. The predicted molar refractivity (Wildman–Crippen MR) is 76.3 cm³/mol. The maximum Gasteiger partial charge on any atom is 0.387 e. The van der Waals surface area contributed by atoms with Crippen LogP contribution < -0.4 is 10.1 Å². The van der Waals surface area contributed by atoms with Gasteiger partial charge >= 0.3 is 6.61 Å². The highest BCUT2D eigenvalue weighted by atomic mass is 19.3. The van der Waals surface area contributed by atoms with Crippen LogP contribution in [0.1, 0.15) is 16.7 Å². The molecule has 0 fully saturated rings. The van der Waals surface area contributed by atoms with Crippen LogP contribution in [0.5, 0.6) is 5.75 Å². The molecule has 0 aromatic heterocycles. The number of rotatable bonds is 5. The van der Waals surface area contributed by atoms with Gasteiger partial charge in [0.15, 0.2) is 0 Å². The number of alkyl halides is 2. The average molecular weight is 288 g/mol. The number of para-hydroxylation sites is 1. The summed E-state index contributed by atoms with van der Waals surface area (Å²) in [5.41, 5.74) is 2.68. The van der Waals surface area contributed by atoms with Gasteiger partial charge in [-0.25, -0.2) is 0 Å². The predicted octanol–water partition coefficient (Wildman–Crippen LogP) is 4.08. The molecule has 0 aliphatic rings. The van der Waals surface area contributed by atoms with Crippen molar-refractivity contribution in [2.24, 2.45) is 0 Å². The first-order chi connectivity index (χ1) is 10.1. The molecule has 2 rings (SSSR count). The van der Waals surface area contributed by atoms with Crippen LogP contribution in [0, 0.1) is 18.3 Å². The second kappa shape index (κ2) is 6.71. The number of nitrogens with zero attached hydrogens (tertiary/aromatic N) is 1. The number of hydrogen-bond donors (Lipinski definition) is 1. The van der Waals surface area contributed by atoms with Gasteiger partial charge in [0.25, 0.3) is 0 Å². The van der Waals surface area contributed by atoms with E-state index in [-0.39, 0.29) is 5.75 Å². The summed E-state index contributed by atoms with van der Waals surface area (Å²) in [6.45, 7) is -0.724. The topological polar surface area (TPSA) is 45.0 Å². The van der Waals surface area contributed by atoms with E-state index in [4.69, 9.17) is 5.26 Å². The molecule has 0 saturated heterocycles. The summed E-state index contributed by atoms with van der Waals surface area (Å²) in [7, 11) is 0. The fourth-order valence-electron chi connectivity index (χ4n) is 2.01. The normalized spacial score (nSPS) is 10.2. The third-order valence-corrected chi connectivity index (χ3v) is 3.04. The van der Waals surface area contributed by atoms with E-state index < -0.39 is 6.61 Å². The van der Waals surface area contributed by atoms with Crippen molar-refractivity contribution < 1.29 is 13.5 Å². The summed E-state index contributed by atoms with van der Waals surface area (Å²) in [4.78, 5) is 0. The monoisotopic (exact) mass is 288 g/mol. The number of aryl methyl sites for hydroxylation is 1. The van der Waals surface area contributed by atoms with E-state index in [1.807, 2.05) is 19.1 Å². The van der Waals surface area contributed by atoms with E-state index in [1.54, 1.807) is 24.3 Å². The molecule has 0 spiro atoms. The van der Waals surface area contributed by atoms with Crippen molar-refractivity contribution in [1.82, 2.24) is 0 Å². The average Bonchev–Trinajstić information content (AvgIpc) is 2.46. The van der Waals surface area contributed by atoms with Gasteiger partial charge in [-0.05, 0) is 24.6 Å². The third-order valence-electron chi connectivity index (χ3n) is 3.04. The zero-order valence-electron chi connectivity index (χ0n) is 11.4. The van der Waals surface area contributed by atoms with Crippen molar-refractivity contribution in [2.75, 3.05) is 5.32 Å². The van der Waals surface area contributed by atoms with Gasteiger partial charge in [-0.15, -0.1) is 0 Å². The Hall–Kier alpha value is -2.61. The first-order valence-corrected chi connectivity index (χ1v) is 6.38. The number of nitrogens with one attached hydrogen (secondary N) is 1. The number of nitriles is 1. The molecule has 0 atom stereocenters. The van der Waals surface area contributed by atoms with Gasteiger partial charge in [-0.2, -0.15) is 14.0 Å². The molecule has 108 valence electrons. The Morgan fingerprint density at radius 1 is 1.19 bits per heavy atom. The van der Waals surface area contributed by atoms with Gasteiger partial charge < -0.3 is 10.1 Å². The zero-order valence-corrected chi connectivity index (χ0v) is 11.4. The molecule has 0 aliphatic carbocycles. The molecule has 0 bridgehead atoms. The van der Waals surface area contributed by atoms with E-state index in [1.165, 1.54) is 6.07 Å². The van der Waals surface area contributed by atoms with E-state index in [2.05, 4.69) is 16.1 Å². The minimum absolute atomic E-state index is 0.131. The van der Waals surface area contributed by atoms with Crippen LogP contribution in [0.15, 0.2) is 42.5 Å². The standard InChI is InChI=1S/C16H14F2N2O/c1-11-5-4-7-14(13(11)9-19)20-10-12-6-2-3-8-15(12)21-16(17)18/h2-8,16,20H,10H2,1H3. The van der Waals surface area contributed by atoms with Crippen LogP contribution in [0.2, 0.25) is 0 Å². The van der Waals surface area contributed by atoms with Gasteiger partial charge in [0.05, 0.1) is 11.3 Å². The summed E-state index contributed by atoms with van der Waals surface area (Å²) >= 11 is 0. The van der Waals surface area contributed by atoms with E-state index in [0.29, 0.717) is 23.4 Å². The van der Waals surface area contributed by atoms with E-state index in [9.17, 15) is 8.78 Å². The van der Waals surface area contributed by atoms with Crippen molar-refractivity contribution in [2.45, 2.75) is 20.1 Å². The molecule has 2 aromatic rings. The van der Waals surface area contributed by atoms with Gasteiger partial charge in [0.2, 0.25) is 0 Å². The Morgan fingerprint density at radius 3 is 2.67 bits per heavy atom. The van der Waals surface area contributed by atoms with Gasteiger partial charge in [0.1, 0.15) is 11.8 Å². The lowest BCUT2D eigenvalue weighted by molar-refractivity contribution is -0.0504. The van der Waals surface area contributed by atoms with E-state index >= 15 is 0 Å². The first kappa shape index (κ1) is 14.8. The van der Waals surface area contributed by atoms with Crippen LogP contribution in [-0.4, -0.2) is 6.61 Å². The second-order valence-electron chi connectivity index (χ2n) is 4.45. The third kappa shape index (κ3) is 3.69. The number of halogens is 2. The lowest BCUT2D eigenvalue weighted by Gasteiger charge is -2.13. The summed E-state index contributed by atoms with van der Waals surface area (Å²) in [6, 6.07) is 14.2. The summed E-state index contributed by atoms with van der Waals surface area (Å²) in [6.07, 6.45) is 0. The fraction of sp³-hybridized carbons (Fsp3) is 0.188. The molecule has 0 aliphatic heterocycles. The number of hydrogen-bond acceptors (Lipinski definition) is 3. The Labute approximate surface area is 121 Å². The molecule has 21 heavy (non-hydrogen) atoms. The van der Waals surface area contributed by atoms with Crippen LogP contribution in [0.4, 0.5) is 14.5 Å². The SMILES string of the molecule is Cc1cccc(NCc2ccccc2OC(F)F)c1C#N. The summed E-state index contributed by atoms with van der Waals surface area (Å²) in [5, 5.41) is 12.2. The lowest BCUT2D eigenvalue weighted by atomic mass is 10.1. The first-order valence-electron chi connectivity index (χ1n) is 6.38. The van der Waals surface area contributed by atoms with Crippen molar-refractivity contribution >= 4 is 5.69 Å². The molecular formula is C16H14F2N2O. The number of benzene rings is 2. The number of ether oxygens (including phenoxy) is 1. The number of anilines is 1. The van der Waals surface area contributed by atoms with Gasteiger partial charge in [-0.1, -0.05) is 30.3 Å². The molecular weight excluding hydrogens is 274 g/mol. The van der Waals surface area contributed by atoms with Crippen LogP contribution in [0.25, 0.3) is 0 Å². The van der Waals surface area contributed by atoms with Crippen LogP contribution in [-0.2, 0) is 6.54 Å². The van der Waals surface area contributed by atoms with Gasteiger partial charge in [-0.3, -0.25) is 0 Å². The molecule has 5 heteroatoms. The van der Waals surface area contributed by atoms with E-state index in [0.717, 1.165) is 5.56 Å². The molecule has 1 N–H and O–H groups in total. The molecule has 0 saturated carbocycles. The Bertz CT molecular complexity index is 666.